The van der Waals surface area contributed by atoms with Crippen LogP contribution in [-0.4, -0.2) is 28.7 Å². The number of hydrogen-bond donors (Lipinski definition) is 0. The second-order valence-corrected chi connectivity index (χ2v) is 9.25. The number of para-hydroxylation sites is 2. The minimum Gasteiger partial charge on any atom is -0.299 e. The molecule has 6 rings (SSSR count). The van der Waals surface area contributed by atoms with Crippen molar-refractivity contribution in [1.29, 1.82) is 0 Å². The van der Waals surface area contributed by atoms with Gasteiger partial charge in [0.1, 0.15) is 5.82 Å². The van der Waals surface area contributed by atoms with E-state index in [1.54, 1.807) is 22.2 Å². The molecule has 0 atom stereocenters. The molecule has 3 aromatic carbocycles. The predicted octanol–water partition coefficient (Wildman–Crippen LogP) is 3.88. The third-order valence-electron chi connectivity index (χ3n) is 6.09. The summed E-state index contributed by atoms with van der Waals surface area (Å²) >= 11 is 1.42. The van der Waals surface area contributed by atoms with Crippen LogP contribution in [0.1, 0.15) is 11.4 Å². The van der Waals surface area contributed by atoms with Crippen molar-refractivity contribution in [2.75, 3.05) is 0 Å². The Morgan fingerprint density at radius 2 is 1.54 bits per heavy atom. The molecule has 0 fully saturated rings. The van der Waals surface area contributed by atoms with Crippen LogP contribution in [-0.2, 0) is 12.8 Å². The molecular formula is C26H20N6O2S. The number of aromatic nitrogens is 6. The Morgan fingerprint density at radius 1 is 0.829 bits per heavy atom. The lowest BCUT2D eigenvalue weighted by molar-refractivity contribution is 0.783. The maximum atomic E-state index is 13.5. The standard InChI is InChI=1S/C26H20N6O2S/c1-16-11-13-17(14-12-16)31-24(34)19-8-4-6-10-21(19)32-25(31)28-29-26(32)35-15-22-27-20-9-5-3-7-18(20)23(33)30(22)2/h3-14H,15H2,1-2H3. The van der Waals surface area contributed by atoms with E-state index in [-0.39, 0.29) is 11.1 Å². The van der Waals surface area contributed by atoms with E-state index in [0.29, 0.717) is 38.8 Å². The van der Waals surface area contributed by atoms with Gasteiger partial charge in [-0.25, -0.2) is 9.55 Å². The maximum Gasteiger partial charge on any atom is 0.267 e. The SMILES string of the molecule is Cc1ccc(-n2c(=O)c3ccccc3n3c(SCc4nc5ccccc5c(=O)n4C)nnc23)cc1. The Labute approximate surface area is 203 Å². The van der Waals surface area contributed by atoms with Gasteiger partial charge in [-0.3, -0.25) is 18.6 Å². The number of nitrogens with zero attached hydrogens (tertiary/aromatic N) is 6. The lowest BCUT2D eigenvalue weighted by Gasteiger charge is -2.12. The first-order valence-electron chi connectivity index (χ1n) is 11.1. The van der Waals surface area contributed by atoms with Crippen molar-refractivity contribution >= 4 is 39.3 Å². The van der Waals surface area contributed by atoms with Gasteiger partial charge in [0.25, 0.3) is 11.1 Å². The molecule has 0 saturated carbocycles. The van der Waals surface area contributed by atoms with Gasteiger partial charge >= 0.3 is 0 Å². The zero-order chi connectivity index (χ0) is 24.1. The predicted molar refractivity (Wildman–Crippen MR) is 137 cm³/mol. The Balaban J connectivity index is 1.51. The third kappa shape index (κ3) is 3.43. The molecule has 0 spiro atoms. The van der Waals surface area contributed by atoms with Crippen LogP contribution in [0.3, 0.4) is 0 Å². The van der Waals surface area contributed by atoms with Crippen molar-refractivity contribution in [2.45, 2.75) is 17.8 Å². The smallest absolute Gasteiger partial charge is 0.267 e. The van der Waals surface area contributed by atoms with Crippen LogP contribution in [0, 0.1) is 6.92 Å². The van der Waals surface area contributed by atoms with Gasteiger partial charge in [0.15, 0.2) is 5.16 Å². The molecule has 0 radical (unpaired) electrons. The molecular weight excluding hydrogens is 460 g/mol. The second-order valence-electron chi connectivity index (χ2n) is 8.31. The summed E-state index contributed by atoms with van der Waals surface area (Å²) in [6.07, 6.45) is 0. The zero-order valence-corrected chi connectivity index (χ0v) is 19.9. The van der Waals surface area contributed by atoms with Crippen molar-refractivity contribution < 1.29 is 0 Å². The van der Waals surface area contributed by atoms with E-state index in [0.717, 1.165) is 16.8 Å². The van der Waals surface area contributed by atoms with Crippen LogP contribution in [0.4, 0.5) is 0 Å². The monoisotopic (exact) mass is 480 g/mol. The van der Waals surface area contributed by atoms with Crippen LogP contribution in [0.15, 0.2) is 87.5 Å². The second kappa shape index (κ2) is 8.21. The molecule has 3 aromatic heterocycles. The fourth-order valence-corrected chi connectivity index (χ4v) is 5.14. The quantitative estimate of drug-likeness (QED) is 0.356. The number of hydrogen-bond acceptors (Lipinski definition) is 6. The van der Waals surface area contributed by atoms with Gasteiger partial charge in [-0.05, 0) is 43.3 Å². The lowest BCUT2D eigenvalue weighted by Crippen LogP contribution is -2.22. The Hall–Kier alpha value is -4.24. The minimum absolute atomic E-state index is 0.0871. The van der Waals surface area contributed by atoms with Crippen molar-refractivity contribution in [3.8, 4) is 5.69 Å². The molecule has 0 aliphatic heterocycles. The molecule has 9 heteroatoms. The Kier molecular flexibility index (Phi) is 5.00. The molecule has 3 heterocycles. The van der Waals surface area contributed by atoms with Crippen LogP contribution in [0.2, 0.25) is 0 Å². The average molecular weight is 481 g/mol. The van der Waals surface area contributed by atoms with Crippen molar-refractivity contribution in [1.82, 2.24) is 28.7 Å². The van der Waals surface area contributed by atoms with Gasteiger partial charge in [0, 0.05) is 7.05 Å². The molecule has 35 heavy (non-hydrogen) atoms. The number of rotatable bonds is 4. The van der Waals surface area contributed by atoms with Gasteiger partial charge in [0.05, 0.1) is 33.2 Å². The maximum absolute atomic E-state index is 13.5. The van der Waals surface area contributed by atoms with Crippen LogP contribution in [0.5, 0.6) is 0 Å². The fraction of sp³-hybridized carbons (Fsp3) is 0.115. The normalized spacial score (nSPS) is 11.6. The lowest BCUT2D eigenvalue weighted by atomic mass is 10.2. The summed E-state index contributed by atoms with van der Waals surface area (Å²) in [5, 5.41) is 10.6. The molecule has 0 saturated heterocycles. The van der Waals surface area contributed by atoms with Gasteiger partial charge < -0.3 is 0 Å². The number of benzene rings is 3. The fourth-order valence-electron chi connectivity index (χ4n) is 4.22. The van der Waals surface area contributed by atoms with E-state index in [9.17, 15) is 9.59 Å². The van der Waals surface area contributed by atoms with E-state index >= 15 is 0 Å². The molecule has 0 amide bonds. The largest absolute Gasteiger partial charge is 0.299 e. The van der Waals surface area contributed by atoms with Gasteiger partial charge in [0.2, 0.25) is 5.78 Å². The molecule has 0 bridgehead atoms. The first kappa shape index (κ1) is 21.3. The molecule has 0 unspecified atom stereocenters. The summed E-state index contributed by atoms with van der Waals surface area (Å²) < 4.78 is 5.04. The summed E-state index contributed by atoms with van der Waals surface area (Å²) in [5.74, 6) is 1.47. The first-order valence-corrected chi connectivity index (χ1v) is 12.0. The van der Waals surface area contributed by atoms with Crippen molar-refractivity contribution in [2.24, 2.45) is 7.05 Å². The Morgan fingerprint density at radius 3 is 2.34 bits per heavy atom. The average Bonchev–Trinajstić information content (AvgIpc) is 3.30. The summed E-state index contributed by atoms with van der Waals surface area (Å²) in [6.45, 7) is 2.00. The number of aryl methyl sites for hydroxylation is 1. The third-order valence-corrected chi connectivity index (χ3v) is 7.02. The highest BCUT2D eigenvalue weighted by molar-refractivity contribution is 7.98. The molecule has 172 valence electrons. The number of fused-ring (bicyclic) bond motifs is 4. The van der Waals surface area contributed by atoms with Gasteiger partial charge in [-0.2, -0.15) is 0 Å². The number of thioether (sulfide) groups is 1. The minimum atomic E-state index is -0.153. The molecule has 0 aliphatic carbocycles. The molecule has 0 aliphatic rings. The molecule has 8 nitrogen and oxygen atoms in total. The highest BCUT2D eigenvalue weighted by Gasteiger charge is 2.18. The summed E-state index contributed by atoms with van der Waals surface area (Å²) in [6, 6.07) is 22.5. The highest BCUT2D eigenvalue weighted by atomic mass is 32.2. The highest BCUT2D eigenvalue weighted by Crippen LogP contribution is 2.25. The molecule has 6 aromatic rings. The summed E-state index contributed by atoms with van der Waals surface area (Å²) in [7, 11) is 1.73. The van der Waals surface area contributed by atoms with Crippen molar-refractivity contribution in [3.05, 3.63) is 105 Å². The van der Waals surface area contributed by atoms with E-state index in [2.05, 4.69) is 10.2 Å². The Bertz CT molecular complexity index is 1870. The van der Waals surface area contributed by atoms with Crippen LogP contribution in [0.25, 0.3) is 33.3 Å². The van der Waals surface area contributed by atoms with E-state index in [1.807, 2.05) is 78.1 Å². The van der Waals surface area contributed by atoms with E-state index in [4.69, 9.17) is 4.98 Å². The van der Waals surface area contributed by atoms with Crippen molar-refractivity contribution in [3.63, 3.8) is 0 Å². The summed E-state index contributed by atoms with van der Waals surface area (Å²) in [4.78, 5) is 30.9. The summed E-state index contributed by atoms with van der Waals surface area (Å²) in [5.41, 5.74) is 2.97. The van der Waals surface area contributed by atoms with E-state index in [1.165, 1.54) is 11.8 Å². The van der Waals surface area contributed by atoms with Crippen LogP contribution < -0.4 is 11.1 Å². The zero-order valence-electron chi connectivity index (χ0n) is 19.0. The molecule has 0 N–H and O–H groups in total. The van der Waals surface area contributed by atoms with E-state index < -0.39 is 0 Å². The van der Waals surface area contributed by atoms with Gasteiger partial charge in [-0.1, -0.05) is 53.7 Å². The van der Waals surface area contributed by atoms with Crippen LogP contribution >= 0.6 is 11.8 Å². The topological polar surface area (TPSA) is 87.1 Å². The first-order chi connectivity index (χ1) is 17.0. The van der Waals surface area contributed by atoms with Gasteiger partial charge in [-0.15, -0.1) is 10.2 Å².